The molecule has 6 nitrogen and oxygen atoms in total. The number of nitrogens with zero attached hydrogens (tertiary/aromatic N) is 2. The molecule has 4 rings (SSSR count). The van der Waals surface area contributed by atoms with Gasteiger partial charge in [0.25, 0.3) is 0 Å². The van der Waals surface area contributed by atoms with Gasteiger partial charge in [0.2, 0.25) is 10.0 Å². The lowest BCUT2D eigenvalue weighted by atomic mass is 9.77. The van der Waals surface area contributed by atoms with Gasteiger partial charge in [0, 0.05) is 31.7 Å². The zero-order valence-electron chi connectivity index (χ0n) is 13.9. The minimum Gasteiger partial charge on any atom is -0.504 e. The fourth-order valence-corrected chi connectivity index (χ4v) is 6.05. The van der Waals surface area contributed by atoms with E-state index in [2.05, 4.69) is 4.90 Å². The Morgan fingerprint density at radius 1 is 1.17 bits per heavy atom. The van der Waals surface area contributed by atoms with Crippen LogP contribution in [0.4, 0.5) is 0 Å². The van der Waals surface area contributed by atoms with Crippen LogP contribution in [0, 0.1) is 5.92 Å². The largest absolute Gasteiger partial charge is 0.504 e. The third kappa shape index (κ3) is 2.59. The molecule has 0 aliphatic carbocycles. The van der Waals surface area contributed by atoms with Crippen LogP contribution in [0.5, 0.6) is 11.5 Å². The van der Waals surface area contributed by atoms with Crippen LogP contribution in [0.2, 0.25) is 0 Å². The van der Waals surface area contributed by atoms with Crippen molar-refractivity contribution in [2.24, 2.45) is 5.92 Å². The molecule has 7 heteroatoms. The quantitative estimate of drug-likeness (QED) is 0.748. The van der Waals surface area contributed by atoms with Crippen LogP contribution in [0.1, 0.15) is 36.4 Å². The van der Waals surface area contributed by atoms with Crippen LogP contribution < -0.4 is 0 Å². The van der Waals surface area contributed by atoms with Gasteiger partial charge in [-0.1, -0.05) is 0 Å². The lowest BCUT2D eigenvalue weighted by Gasteiger charge is -2.51. The van der Waals surface area contributed by atoms with Crippen LogP contribution in [-0.2, 0) is 16.4 Å². The predicted octanol–water partition coefficient (Wildman–Crippen LogP) is 1.44. The van der Waals surface area contributed by atoms with Gasteiger partial charge in [-0.25, -0.2) is 8.42 Å². The summed E-state index contributed by atoms with van der Waals surface area (Å²) < 4.78 is 26.1. The fourth-order valence-electron chi connectivity index (χ4n) is 4.84. The van der Waals surface area contributed by atoms with Gasteiger partial charge in [-0.3, -0.25) is 4.90 Å². The number of rotatable bonds is 1. The first-order chi connectivity index (χ1) is 11.3. The Balaban J connectivity index is 1.70. The summed E-state index contributed by atoms with van der Waals surface area (Å²) in [5, 5.41) is 19.7. The zero-order chi connectivity index (χ0) is 17.1. The molecule has 0 aromatic heterocycles. The maximum Gasteiger partial charge on any atom is 0.211 e. The van der Waals surface area contributed by atoms with E-state index in [9.17, 15) is 18.6 Å². The number of aromatic hydroxyl groups is 2. The normalized spacial score (nSPS) is 31.1. The van der Waals surface area contributed by atoms with Gasteiger partial charge >= 0.3 is 0 Å². The van der Waals surface area contributed by atoms with Gasteiger partial charge in [0.1, 0.15) is 0 Å². The molecular formula is C17H24N2O4S. The van der Waals surface area contributed by atoms with Crippen LogP contribution in [0.15, 0.2) is 12.1 Å². The van der Waals surface area contributed by atoms with E-state index in [0.717, 1.165) is 49.9 Å². The molecule has 3 atom stereocenters. The highest BCUT2D eigenvalue weighted by Gasteiger charge is 2.45. The number of benzene rings is 1. The second kappa shape index (κ2) is 5.61. The average Bonchev–Trinajstić information content (AvgIpc) is 2.53. The van der Waals surface area contributed by atoms with Crippen molar-refractivity contribution in [1.29, 1.82) is 0 Å². The summed E-state index contributed by atoms with van der Waals surface area (Å²) in [6.45, 7) is 2.44. The van der Waals surface area contributed by atoms with E-state index >= 15 is 0 Å². The molecule has 2 N–H and O–H groups in total. The number of phenolic OH excluding ortho intramolecular Hbond substituents is 2. The molecule has 2 saturated heterocycles. The fraction of sp³-hybridized carbons (Fsp3) is 0.647. The average molecular weight is 352 g/mol. The van der Waals surface area contributed by atoms with Crippen molar-refractivity contribution in [3.05, 3.63) is 23.3 Å². The Morgan fingerprint density at radius 3 is 2.67 bits per heavy atom. The maximum absolute atomic E-state index is 12.2. The summed E-state index contributed by atoms with van der Waals surface area (Å²) in [7, 11) is -3.20. The Labute approximate surface area is 142 Å². The molecule has 0 radical (unpaired) electrons. The zero-order valence-corrected chi connectivity index (χ0v) is 14.7. The molecule has 0 saturated carbocycles. The molecule has 0 unspecified atom stereocenters. The molecule has 1 aromatic rings. The van der Waals surface area contributed by atoms with Gasteiger partial charge in [-0.2, -0.15) is 4.31 Å². The SMILES string of the molecule is CS(=O)(=O)N1CCC[C@@H]2CN3CCc4cc(O)c(O)cc4[C@@H]3C[C@@H]21. The second-order valence-electron chi connectivity index (χ2n) is 7.38. The standard InChI is InChI=1S/C17H24N2O4S/c1-24(22,23)19-5-2-3-12-10-18-6-4-11-7-16(20)17(21)8-13(11)15(18)9-14(12)19/h7-8,12,14-15,20-21H,2-6,9-10H2,1H3/t12-,14+,15+/m1/s1. The van der Waals surface area contributed by atoms with Gasteiger partial charge in [-0.15, -0.1) is 0 Å². The second-order valence-corrected chi connectivity index (χ2v) is 9.31. The van der Waals surface area contributed by atoms with Crippen molar-refractivity contribution in [3.8, 4) is 11.5 Å². The van der Waals surface area contributed by atoms with Crippen LogP contribution >= 0.6 is 0 Å². The summed E-state index contributed by atoms with van der Waals surface area (Å²) in [6, 6.07) is 3.47. The Kier molecular flexibility index (Phi) is 3.78. The summed E-state index contributed by atoms with van der Waals surface area (Å²) >= 11 is 0. The Bertz CT molecular complexity index is 764. The number of phenols is 2. The Hall–Kier alpha value is -1.31. The molecular weight excluding hydrogens is 328 g/mol. The van der Waals surface area contributed by atoms with Crippen molar-refractivity contribution in [2.75, 3.05) is 25.9 Å². The van der Waals surface area contributed by atoms with Crippen molar-refractivity contribution in [2.45, 2.75) is 37.8 Å². The molecule has 3 heterocycles. The topological polar surface area (TPSA) is 81.1 Å². The van der Waals surface area contributed by atoms with Crippen molar-refractivity contribution in [1.82, 2.24) is 9.21 Å². The molecule has 0 bridgehead atoms. The first-order valence-electron chi connectivity index (χ1n) is 8.60. The van der Waals surface area contributed by atoms with E-state index in [1.807, 2.05) is 0 Å². The number of hydrogen-bond donors (Lipinski definition) is 2. The van der Waals surface area contributed by atoms with Gasteiger partial charge in [-0.05, 0) is 54.9 Å². The van der Waals surface area contributed by atoms with E-state index in [-0.39, 0.29) is 23.6 Å². The lowest BCUT2D eigenvalue weighted by molar-refractivity contribution is 0.0221. The molecule has 3 aliphatic heterocycles. The molecule has 0 amide bonds. The molecule has 2 fully saturated rings. The third-order valence-corrected chi connectivity index (χ3v) is 7.24. The molecule has 1 aromatic carbocycles. The molecule has 132 valence electrons. The molecule has 24 heavy (non-hydrogen) atoms. The first-order valence-corrected chi connectivity index (χ1v) is 10.4. The minimum absolute atomic E-state index is 0.0388. The summed E-state index contributed by atoms with van der Waals surface area (Å²) in [5.41, 5.74) is 2.10. The van der Waals surface area contributed by atoms with Crippen LogP contribution in [0.25, 0.3) is 0 Å². The maximum atomic E-state index is 12.2. The number of hydrogen-bond acceptors (Lipinski definition) is 5. The predicted molar refractivity (Wildman–Crippen MR) is 90.5 cm³/mol. The summed E-state index contributed by atoms with van der Waals surface area (Å²) in [4.78, 5) is 2.42. The van der Waals surface area contributed by atoms with E-state index in [1.165, 1.54) is 6.26 Å². The van der Waals surface area contributed by atoms with Gasteiger partial charge < -0.3 is 10.2 Å². The Morgan fingerprint density at radius 2 is 1.92 bits per heavy atom. The van der Waals surface area contributed by atoms with E-state index in [1.54, 1.807) is 16.4 Å². The summed E-state index contributed by atoms with van der Waals surface area (Å²) in [6.07, 6.45) is 4.92. The van der Waals surface area contributed by atoms with E-state index in [4.69, 9.17) is 0 Å². The lowest BCUT2D eigenvalue weighted by Crippen LogP contribution is -2.57. The minimum atomic E-state index is -3.20. The highest BCUT2D eigenvalue weighted by Crippen LogP contribution is 2.45. The third-order valence-electron chi connectivity index (χ3n) is 5.93. The van der Waals surface area contributed by atoms with Crippen LogP contribution in [-0.4, -0.2) is 59.8 Å². The number of fused-ring (bicyclic) bond motifs is 4. The first kappa shape index (κ1) is 16.2. The molecule has 0 spiro atoms. The van der Waals surface area contributed by atoms with Gasteiger partial charge in [0.15, 0.2) is 11.5 Å². The van der Waals surface area contributed by atoms with Gasteiger partial charge in [0.05, 0.1) is 6.26 Å². The monoisotopic (exact) mass is 352 g/mol. The van der Waals surface area contributed by atoms with Crippen molar-refractivity contribution < 1.29 is 18.6 Å². The van der Waals surface area contributed by atoms with Crippen molar-refractivity contribution in [3.63, 3.8) is 0 Å². The highest BCUT2D eigenvalue weighted by molar-refractivity contribution is 7.88. The number of sulfonamides is 1. The van der Waals surface area contributed by atoms with E-state index in [0.29, 0.717) is 12.5 Å². The smallest absolute Gasteiger partial charge is 0.211 e. The highest BCUT2D eigenvalue weighted by atomic mass is 32.2. The van der Waals surface area contributed by atoms with E-state index < -0.39 is 10.0 Å². The summed E-state index contributed by atoms with van der Waals surface area (Å²) in [5.74, 6) is 0.213. The number of piperidine rings is 2. The van der Waals surface area contributed by atoms with Crippen molar-refractivity contribution >= 4 is 10.0 Å². The molecule has 3 aliphatic rings. The van der Waals surface area contributed by atoms with Crippen LogP contribution in [0.3, 0.4) is 0 Å².